The van der Waals surface area contributed by atoms with E-state index in [0.717, 1.165) is 47.5 Å². The number of nitrogens with one attached hydrogen (secondary N) is 8. The van der Waals surface area contributed by atoms with Gasteiger partial charge in [-0.2, -0.15) is 0 Å². The molecule has 465 valence electrons. The number of carbonyl (C=O) groups excluding carboxylic acids is 5. The number of ether oxygens (including phenoxy) is 5. The summed E-state index contributed by atoms with van der Waals surface area (Å²) in [6.07, 6.45) is 5.26. The van der Waals surface area contributed by atoms with Gasteiger partial charge in [-0.3, -0.25) is 35.3 Å². The van der Waals surface area contributed by atoms with E-state index in [1.807, 2.05) is 74.0 Å². The topological polar surface area (TPSA) is 394 Å². The number of aliphatic hydroxyl groups excluding tert-OH is 1. The minimum atomic E-state index is -1.20. The third-order valence-corrected chi connectivity index (χ3v) is 10.9. The minimum Gasteiger partial charge on any atom is -0.674 e. The fourth-order valence-corrected chi connectivity index (χ4v) is 6.66. The molecule has 1 aromatic heterocycles. The van der Waals surface area contributed by atoms with Crippen molar-refractivity contribution in [1.82, 2.24) is 25.5 Å². The molecular weight excluding hydrogens is 1320 g/mol. The standard InChI is InChI=1S/C20H29N5O3.C16H26N3O5.C12H26N2O5.C8H11N2.W.Y/c1-4-5-6-16-24-17(19(21)22)18(20(23)28-13(2)3)25(16)11-14-7-9-15(10-8-14)12-27-26;1-5-8-24-13(21)7-6-12(17)15(22)19-14(10(2)3)16(23)18-11(4)9-20;13-3-6-17-8-10-19-11-9-18-7-4-14-12(16)2-1-5-15;1-10-8-4-2-7(6-9)3-5-8;;/h7-10,13,23,26H,4-6,11-12H2,1-3H3,(H3,21,22);5,9-12,14,17H,1,6-8H2,2-4H3,(H,18,23)(H,19,22);15H,1-11,13H2,(H,14,16);2-5,9-10H,6H2,1H3;;/q;-1;;-1;;/t;11-,12-,14?;;;;/m.0..../s1. The normalized spacial score (nSPS) is 11.4. The number of nitrogen functional groups attached to an aromatic ring is 1. The maximum atomic E-state index is 12.1. The van der Waals surface area contributed by atoms with Crippen molar-refractivity contribution in [3.63, 3.8) is 0 Å². The first-order valence-electron chi connectivity index (χ1n) is 27.1. The van der Waals surface area contributed by atoms with Crippen LogP contribution in [0, 0.1) is 16.7 Å². The Labute approximate surface area is 529 Å². The Morgan fingerprint density at radius 3 is 1.96 bits per heavy atom. The summed E-state index contributed by atoms with van der Waals surface area (Å²) in [7, 11) is 1.88. The molecule has 27 heteroatoms. The molecule has 0 aliphatic heterocycles. The molecule has 25 nitrogen and oxygen atoms in total. The van der Waals surface area contributed by atoms with Crippen LogP contribution in [0.25, 0.3) is 11.5 Å². The summed E-state index contributed by atoms with van der Waals surface area (Å²) in [5.41, 5.74) is 30.5. The first-order valence-corrected chi connectivity index (χ1v) is 27.1. The van der Waals surface area contributed by atoms with Crippen LogP contribution < -0.4 is 32.7 Å². The fraction of sp³-hybridized carbons (Fsp3) is 0.571. The Bertz CT molecular complexity index is 2240. The van der Waals surface area contributed by atoms with Gasteiger partial charge in [0.1, 0.15) is 48.6 Å². The number of hydrogen-bond acceptors (Lipinski definition) is 18. The van der Waals surface area contributed by atoms with Crippen LogP contribution in [0.4, 0.5) is 5.69 Å². The Balaban J connectivity index is -0.00000107. The molecular formula is C56H92N12O13WY-2. The SMILES string of the molecule is C=CCOC(=O)CC[C@H]([NH-])C(=O)NC(C(=O)N[C@@H](C)C=O)C(C)C.CCCCc1nc(C(=N)N)c(C(=N)OC(C)C)n1Cc1ccc(COO)cc1.CNc1ccc(C[NH-])cc1.NCCOCCOCCOCCNC(=O)CCCO.[W].[Y]. The molecule has 3 rings (SSSR count). The number of aryl methyl sites for hydroxylation is 1. The number of nitrogens with zero attached hydrogens (tertiary/aromatic N) is 2. The van der Waals surface area contributed by atoms with Gasteiger partial charge in [0.25, 0.3) is 0 Å². The monoisotopic (exact) mass is 1410 g/mol. The maximum Gasteiger partial charge on any atom is 0.306 e. The van der Waals surface area contributed by atoms with Crippen LogP contribution in [-0.2, 0) is 132 Å². The number of rotatable bonds is 37. The van der Waals surface area contributed by atoms with Crippen LogP contribution in [0.15, 0.2) is 61.2 Å². The molecule has 2 aromatic carbocycles. The molecule has 1 heterocycles. The van der Waals surface area contributed by atoms with Gasteiger partial charge in [0.15, 0.2) is 0 Å². The van der Waals surface area contributed by atoms with Crippen LogP contribution in [0.3, 0.4) is 0 Å². The quantitative estimate of drug-likeness (QED) is 0.00517. The number of nitrogens with two attached hydrogens (primary N) is 2. The van der Waals surface area contributed by atoms with Crippen LogP contribution in [0.1, 0.15) is 114 Å². The first kappa shape index (κ1) is 82.3. The molecule has 0 saturated carbocycles. The van der Waals surface area contributed by atoms with Crippen LogP contribution in [0.5, 0.6) is 0 Å². The number of carbonyl (C=O) groups is 5. The zero-order valence-electron chi connectivity index (χ0n) is 49.4. The second kappa shape index (κ2) is 51.5. The number of esters is 1. The Morgan fingerprint density at radius 1 is 0.867 bits per heavy atom. The van der Waals surface area contributed by atoms with Gasteiger partial charge in [-0.05, 0) is 62.8 Å². The second-order valence-corrected chi connectivity index (χ2v) is 18.6. The molecule has 0 spiro atoms. The minimum absolute atomic E-state index is 0. The van der Waals surface area contributed by atoms with E-state index < -0.39 is 35.9 Å². The smallest absolute Gasteiger partial charge is 0.306 e. The number of benzene rings is 2. The number of amides is 3. The van der Waals surface area contributed by atoms with Gasteiger partial charge in [0.2, 0.25) is 23.6 Å². The molecule has 3 atom stereocenters. The number of unbranched alkanes of at least 4 members (excludes halogenated alkanes) is 1. The van der Waals surface area contributed by atoms with Crippen LogP contribution in [-0.4, -0.2) is 159 Å². The number of aliphatic hydroxyl groups is 1. The molecule has 3 amide bonds. The van der Waals surface area contributed by atoms with Gasteiger partial charge in [0, 0.05) is 112 Å². The average Bonchev–Trinajstić information content (AvgIpc) is 4.09. The van der Waals surface area contributed by atoms with Gasteiger partial charge in [0.05, 0.1) is 51.8 Å². The molecule has 0 bridgehead atoms. The summed E-state index contributed by atoms with van der Waals surface area (Å²) < 4.78 is 27.9. The summed E-state index contributed by atoms with van der Waals surface area (Å²) in [6, 6.07) is 12.8. The van der Waals surface area contributed by atoms with Crippen molar-refractivity contribution < 1.29 is 117 Å². The predicted octanol–water partition coefficient (Wildman–Crippen LogP) is 5.22. The zero-order valence-corrected chi connectivity index (χ0v) is 55.2. The molecule has 3 aromatic rings. The Hall–Kier alpha value is -4.89. The zero-order chi connectivity index (χ0) is 61.0. The van der Waals surface area contributed by atoms with E-state index >= 15 is 0 Å². The number of hydrogen-bond donors (Lipinski definition) is 10. The van der Waals surface area contributed by atoms with Crippen molar-refractivity contribution in [3.05, 3.63) is 107 Å². The van der Waals surface area contributed by atoms with Crippen molar-refractivity contribution in [3.8, 4) is 0 Å². The molecule has 1 radical (unpaired) electrons. The van der Waals surface area contributed by atoms with Crippen LogP contribution in [0.2, 0.25) is 0 Å². The van der Waals surface area contributed by atoms with E-state index in [9.17, 15) is 24.0 Å². The molecule has 0 aliphatic carbocycles. The van der Waals surface area contributed by atoms with E-state index in [1.54, 1.807) is 13.8 Å². The van der Waals surface area contributed by atoms with E-state index in [1.165, 1.54) is 13.0 Å². The molecule has 14 N–H and O–H groups in total. The molecule has 83 heavy (non-hydrogen) atoms. The van der Waals surface area contributed by atoms with Gasteiger partial charge < -0.3 is 82.4 Å². The Morgan fingerprint density at radius 2 is 1.46 bits per heavy atom. The van der Waals surface area contributed by atoms with Crippen LogP contribution >= 0.6 is 0 Å². The van der Waals surface area contributed by atoms with Crippen molar-refractivity contribution in [2.24, 2.45) is 17.4 Å². The van der Waals surface area contributed by atoms with Crippen molar-refractivity contribution in [1.29, 1.82) is 10.8 Å². The molecule has 0 fully saturated rings. The number of amidine groups is 1. The number of aromatic nitrogens is 2. The maximum absolute atomic E-state index is 12.1. The van der Waals surface area contributed by atoms with E-state index in [0.29, 0.717) is 90.6 Å². The van der Waals surface area contributed by atoms with Gasteiger partial charge >= 0.3 is 5.97 Å². The second-order valence-electron chi connectivity index (χ2n) is 18.6. The Kier molecular flexibility index (Phi) is 51.1. The third-order valence-electron chi connectivity index (χ3n) is 10.9. The number of imidazole rings is 1. The largest absolute Gasteiger partial charge is 0.674 e. The summed E-state index contributed by atoms with van der Waals surface area (Å²) in [5.74, 6) is -1.39. The van der Waals surface area contributed by atoms with Gasteiger partial charge in [-0.25, -0.2) is 9.87 Å². The summed E-state index contributed by atoms with van der Waals surface area (Å²) in [5, 5.41) is 44.1. The van der Waals surface area contributed by atoms with E-state index in [2.05, 4.69) is 44.6 Å². The molecule has 0 aliphatic rings. The summed E-state index contributed by atoms with van der Waals surface area (Å²) in [4.78, 5) is 65.9. The number of anilines is 1. The predicted molar refractivity (Wildman–Crippen MR) is 312 cm³/mol. The van der Waals surface area contributed by atoms with Gasteiger partial charge in [-0.15, -0.1) is 6.54 Å². The average molecular weight is 1410 g/mol. The van der Waals surface area contributed by atoms with Crippen molar-refractivity contribution in [2.75, 3.05) is 78.3 Å². The summed E-state index contributed by atoms with van der Waals surface area (Å²) in [6.45, 7) is 19.4. The van der Waals surface area contributed by atoms with E-state index in [4.69, 9.17) is 67.8 Å². The third kappa shape index (κ3) is 38.6. The first-order chi connectivity index (χ1) is 38.8. The summed E-state index contributed by atoms with van der Waals surface area (Å²) >= 11 is 0. The van der Waals surface area contributed by atoms with Crippen molar-refractivity contribution >= 4 is 47.4 Å². The van der Waals surface area contributed by atoms with E-state index in [-0.39, 0.29) is 122 Å². The fourth-order valence-electron chi connectivity index (χ4n) is 6.66. The number of aldehydes is 1. The van der Waals surface area contributed by atoms with Crippen molar-refractivity contribution in [2.45, 2.75) is 130 Å². The molecule has 0 saturated heterocycles. The molecule has 1 unspecified atom stereocenters. The van der Waals surface area contributed by atoms with Gasteiger partial charge in [-0.1, -0.05) is 94.3 Å².